The van der Waals surface area contributed by atoms with E-state index in [1.54, 1.807) is 36.4 Å². The van der Waals surface area contributed by atoms with Crippen molar-refractivity contribution in [3.63, 3.8) is 0 Å². The lowest BCUT2D eigenvalue weighted by Gasteiger charge is -2.18. The summed E-state index contributed by atoms with van der Waals surface area (Å²) >= 11 is 1.39. The second-order valence-corrected chi connectivity index (χ2v) is 8.60. The van der Waals surface area contributed by atoms with E-state index in [1.807, 2.05) is 48.5 Å². The third-order valence-electron chi connectivity index (χ3n) is 5.07. The standard InChI is InChI=1S/C26H20N2O5S/c29-25(22-10-5-13-31-22)27-18-8-4-9-20(14-18)34-24(17-6-2-1-3-7-17)26(30)28-19-11-12-21-23(15-19)33-16-32-21/h1-15,24H,16H2,(H,27,29)(H,28,30). The number of furan rings is 1. The van der Waals surface area contributed by atoms with Crippen LogP contribution in [0.3, 0.4) is 0 Å². The zero-order valence-electron chi connectivity index (χ0n) is 17.9. The average Bonchev–Trinajstić information content (AvgIpc) is 3.55. The number of thioether (sulfide) groups is 1. The fourth-order valence-electron chi connectivity index (χ4n) is 3.47. The van der Waals surface area contributed by atoms with Crippen LogP contribution in [-0.2, 0) is 4.79 Å². The van der Waals surface area contributed by atoms with E-state index in [0.29, 0.717) is 22.9 Å². The molecule has 0 saturated carbocycles. The van der Waals surface area contributed by atoms with Gasteiger partial charge in [-0.2, -0.15) is 0 Å². The van der Waals surface area contributed by atoms with E-state index in [4.69, 9.17) is 13.9 Å². The lowest BCUT2D eigenvalue weighted by atomic mass is 10.1. The number of anilines is 2. The van der Waals surface area contributed by atoms with Gasteiger partial charge in [0.25, 0.3) is 5.91 Å². The van der Waals surface area contributed by atoms with Gasteiger partial charge in [0, 0.05) is 22.3 Å². The van der Waals surface area contributed by atoms with Crippen molar-refractivity contribution in [3.8, 4) is 11.5 Å². The van der Waals surface area contributed by atoms with Crippen molar-refractivity contribution in [2.45, 2.75) is 10.1 Å². The van der Waals surface area contributed by atoms with Crippen LogP contribution in [0.5, 0.6) is 11.5 Å². The highest BCUT2D eigenvalue weighted by molar-refractivity contribution is 8.00. The number of amides is 2. The maximum atomic E-state index is 13.3. The quantitative estimate of drug-likeness (QED) is 0.334. The Morgan fingerprint density at radius 1 is 0.794 bits per heavy atom. The van der Waals surface area contributed by atoms with E-state index < -0.39 is 5.25 Å². The number of benzene rings is 3. The molecule has 1 aliphatic rings. The SMILES string of the molecule is O=C(Nc1cccc(SC(C(=O)Nc2ccc3c(c2)OCO3)c2ccccc2)c1)c1ccco1. The minimum Gasteiger partial charge on any atom is -0.459 e. The molecular weight excluding hydrogens is 452 g/mol. The molecule has 0 fully saturated rings. The highest BCUT2D eigenvalue weighted by Crippen LogP contribution is 2.38. The van der Waals surface area contributed by atoms with Crippen LogP contribution in [0.15, 0.2) is 101 Å². The molecule has 2 N–H and O–H groups in total. The first-order chi connectivity index (χ1) is 16.7. The van der Waals surface area contributed by atoms with Gasteiger partial charge in [0.15, 0.2) is 17.3 Å². The van der Waals surface area contributed by atoms with Crippen LogP contribution in [0, 0.1) is 0 Å². The Kier molecular flexibility index (Phi) is 6.22. The normalized spacial score (nSPS) is 12.7. The number of carbonyl (C=O) groups is 2. The van der Waals surface area contributed by atoms with Crippen molar-refractivity contribution >= 4 is 35.0 Å². The topological polar surface area (TPSA) is 89.8 Å². The van der Waals surface area contributed by atoms with Crippen LogP contribution in [0.1, 0.15) is 21.4 Å². The molecule has 170 valence electrons. The van der Waals surface area contributed by atoms with Crippen molar-refractivity contribution in [2.24, 2.45) is 0 Å². The third-order valence-corrected chi connectivity index (χ3v) is 6.32. The highest BCUT2D eigenvalue weighted by atomic mass is 32.2. The van der Waals surface area contributed by atoms with Crippen LogP contribution < -0.4 is 20.1 Å². The molecule has 1 atom stereocenters. The van der Waals surface area contributed by atoms with Crippen LogP contribution in [0.4, 0.5) is 11.4 Å². The van der Waals surface area contributed by atoms with E-state index in [1.165, 1.54) is 18.0 Å². The zero-order valence-corrected chi connectivity index (χ0v) is 18.7. The van der Waals surface area contributed by atoms with Crippen LogP contribution in [-0.4, -0.2) is 18.6 Å². The van der Waals surface area contributed by atoms with Gasteiger partial charge in [-0.25, -0.2) is 0 Å². The van der Waals surface area contributed by atoms with Crippen molar-refractivity contribution in [2.75, 3.05) is 17.4 Å². The van der Waals surface area contributed by atoms with Crippen LogP contribution in [0.2, 0.25) is 0 Å². The lowest BCUT2D eigenvalue weighted by molar-refractivity contribution is -0.115. The summed E-state index contributed by atoms with van der Waals surface area (Å²) in [5.41, 5.74) is 2.08. The van der Waals surface area contributed by atoms with Crippen LogP contribution >= 0.6 is 11.8 Å². The minimum atomic E-state index is -0.525. The smallest absolute Gasteiger partial charge is 0.291 e. The summed E-state index contributed by atoms with van der Waals surface area (Å²) in [7, 11) is 0. The van der Waals surface area contributed by atoms with Gasteiger partial charge in [-0.1, -0.05) is 36.4 Å². The molecule has 4 aromatic rings. The first-order valence-electron chi connectivity index (χ1n) is 10.5. The molecule has 5 rings (SSSR count). The fraction of sp³-hybridized carbons (Fsp3) is 0.0769. The number of nitrogens with one attached hydrogen (secondary N) is 2. The first kappa shape index (κ1) is 21.7. The van der Waals surface area contributed by atoms with E-state index in [9.17, 15) is 9.59 Å². The Bertz CT molecular complexity index is 1310. The van der Waals surface area contributed by atoms with Gasteiger partial charge in [0.05, 0.1) is 6.26 Å². The van der Waals surface area contributed by atoms with Gasteiger partial charge in [0.2, 0.25) is 12.7 Å². The molecule has 3 aromatic carbocycles. The second-order valence-electron chi connectivity index (χ2n) is 7.43. The number of ether oxygens (including phenoxy) is 2. The molecule has 1 unspecified atom stereocenters. The number of fused-ring (bicyclic) bond motifs is 1. The molecular formula is C26H20N2O5S. The van der Waals surface area contributed by atoms with Gasteiger partial charge in [-0.05, 0) is 48.0 Å². The van der Waals surface area contributed by atoms with E-state index in [2.05, 4.69) is 10.6 Å². The lowest BCUT2D eigenvalue weighted by Crippen LogP contribution is -2.19. The van der Waals surface area contributed by atoms with Gasteiger partial charge in [-0.15, -0.1) is 11.8 Å². The monoisotopic (exact) mass is 472 g/mol. The molecule has 7 nitrogen and oxygen atoms in total. The summed E-state index contributed by atoms with van der Waals surface area (Å²) in [5, 5.41) is 5.27. The van der Waals surface area contributed by atoms with Gasteiger partial charge < -0.3 is 24.5 Å². The maximum absolute atomic E-state index is 13.3. The highest BCUT2D eigenvalue weighted by Gasteiger charge is 2.23. The van der Waals surface area contributed by atoms with Crippen molar-refractivity contribution in [1.29, 1.82) is 0 Å². The molecule has 0 spiro atoms. The van der Waals surface area contributed by atoms with E-state index in [0.717, 1.165) is 10.5 Å². The maximum Gasteiger partial charge on any atom is 0.291 e. The fourth-order valence-corrected chi connectivity index (χ4v) is 4.55. The molecule has 1 aliphatic heterocycles. The van der Waals surface area contributed by atoms with Gasteiger partial charge >= 0.3 is 0 Å². The molecule has 2 heterocycles. The van der Waals surface area contributed by atoms with E-state index >= 15 is 0 Å². The molecule has 2 amide bonds. The van der Waals surface area contributed by atoms with Crippen molar-refractivity contribution in [3.05, 3.63) is 103 Å². The minimum absolute atomic E-state index is 0.169. The molecule has 8 heteroatoms. The predicted octanol–water partition coefficient (Wildman–Crippen LogP) is 5.73. The molecule has 0 aliphatic carbocycles. The number of carbonyl (C=O) groups excluding carboxylic acids is 2. The summed E-state index contributed by atoms with van der Waals surface area (Å²) in [6.07, 6.45) is 1.45. The van der Waals surface area contributed by atoms with Gasteiger partial charge in [0.1, 0.15) is 5.25 Å². The molecule has 0 bridgehead atoms. The largest absolute Gasteiger partial charge is 0.459 e. The Balaban J connectivity index is 1.35. The molecule has 1 aromatic heterocycles. The molecule has 0 radical (unpaired) electrons. The number of hydrogen-bond acceptors (Lipinski definition) is 6. The Morgan fingerprint density at radius 3 is 2.44 bits per heavy atom. The summed E-state index contributed by atoms with van der Waals surface area (Å²) < 4.78 is 15.9. The van der Waals surface area contributed by atoms with Crippen molar-refractivity contribution in [1.82, 2.24) is 0 Å². The molecule has 34 heavy (non-hydrogen) atoms. The van der Waals surface area contributed by atoms with E-state index in [-0.39, 0.29) is 24.4 Å². The Morgan fingerprint density at radius 2 is 1.62 bits per heavy atom. The summed E-state index contributed by atoms with van der Waals surface area (Å²) in [6.45, 7) is 0.169. The van der Waals surface area contributed by atoms with Crippen molar-refractivity contribution < 1.29 is 23.5 Å². The average molecular weight is 473 g/mol. The second kappa shape index (κ2) is 9.76. The number of rotatable bonds is 7. The Labute approximate surface area is 200 Å². The summed E-state index contributed by atoms with van der Waals surface area (Å²) in [6, 6.07) is 25.4. The third kappa shape index (κ3) is 4.92. The van der Waals surface area contributed by atoms with Gasteiger partial charge in [-0.3, -0.25) is 9.59 Å². The zero-order chi connectivity index (χ0) is 23.3. The Hall–Kier alpha value is -4.17. The number of hydrogen-bond donors (Lipinski definition) is 2. The summed E-state index contributed by atoms with van der Waals surface area (Å²) in [4.78, 5) is 26.5. The first-order valence-corrected chi connectivity index (χ1v) is 11.4. The predicted molar refractivity (Wildman–Crippen MR) is 129 cm³/mol. The summed E-state index contributed by atoms with van der Waals surface area (Å²) in [5.74, 6) is 0.956. The van der Waals surface area contributed by atoms with Crippen LogP contribution in [0.25, 0.3) is 0 Å². The molecule has 0 saturated heterocycles.